The van der Waals surface area contributed by atoms with Crippen molar-refractivity contribution in [3.8, 4) is 0 Å². The van der Waals surface area contributed by atoms with Crippen LogP contribution >= 0.6 is 0 Å². The number of rotatable bonds is 5. The molecule has 0 aromatic rings. The van der Waals surface area contributed by atoms with E-state index in [1.54, 1.807) is 7.11 Å². The molecule has 0 rings (SSSR count). The molecule has 0 aromatic carbocycles. The fraction of sp³-hybridized carbons (Fsp3) is 0.900. The molecule has 3 nitrogen and oxygen atoms in total. The van der Waals surface area contributed by atoms with E-state index in [-0.39, 0.29) is 11.9 Å². The number of hydrogen-bond acceptors (Lipinski definition) is 3. The summed E-state index contributed by atoms with van der Waals surface area (Å²) in [5.41, 5.74) is 0. The standard InChI is InChI=1S/C10H20O3/c1-7(2)6-9(11)13-10(12-5)8(3)4/h7-8,10H,6H2,1-5H3. The highest BCUT2D eigenvalue weighted by atomic mass is 16.7. The normalized spacial score (nSPS) is 13.5. The number of carbonyl (C=O) groups excluding carboxylic acids is 1. The molecule has 3 heteroatoms. The predicted molar refractivity (Wildman–Crippen MR) is 51.2 cm³/mol. The van der Waals surface area contributed by atoms with Crippen molar-refractivity contribution in [1.29, 1.82) is 0 Å². The lowest BCUT2D eigenvalue weighted by molar-refractivity contribution is -0.182. The third-order valence-corrected chi connectivity index (χ3v) is 1.60. The van der Waals surface area contributed by atoms with Crippen LogP contribution < -0.4 is 0 Å². The molecule has 0 aromatic heterocycles. The van der Waals surface area contributed by atoms with Crippen molar-refractivity contribution >= 4 is 5.97 Å². The van der Waals surface area contributed by atoms with Gasteiger partial charge in [0.25, 0.3) is 0 Å². The van der Waals surface area contributed by atoms with Crippen LogP contribution in [-0.4, -0.2) is 19.4 Å². The van der Waals surface area contributed by atoms with Crippen LogP contribution in [0.2, 0.25) is 0 Å². The van der Waals surface area contributed by atoms with Gasteiger partial charge in [0.1, 0.15) is 0 Å². The van der Waals surface area contributed by atoms with E-state index >= 15 is 0 Å². The summed E-state index contributed by atoms with van der Waals surface area (Å²) >= 11 is 0. The number of ether oxygens (including phenoxy) is 2. The number of hydrogen-bond donors (Lipinski definition) is 0. The molecule has 0 saturated heterocycles. The molecule has 0 aliphatic heterocycles. The lowest BCUT2D eigenvalue weighted by atomic mass is 10.1. The third-order valence-electron chi connectivity index (χ3n) is 1.60. The molecule has 0 amide bonds. The Labute approximate surface area is 80.4 Å². The molecule has 1 unspecified atom stereocenters. The van der Waals surface area contributed by atoms with Crippen LogP contribution in [0.25, 0.3) is 0 Å². The van der Waals surface area contributed by atoms with Crippen LogP contribution in [0.3, 0.4) is 0 Å². The van der Waals surface area contributed by atoms with Gasteiger partial charge in [-0.15, -0.1) is 0 Å². The second-order valence-electron chi connectivity index (χ2n) is 3.94. The zero-order valence-corrected chi connectivity index (χ0v) is 9.16. The highest BCUT2D eigenvalue weighted by Crippen LogP contribution is 2.10. The first-order chi connectivity index (χ1) is 5.97. The topological polar surface area (TPSA) is 35.5 Å². The summed E-state index contributed by atoms with van der Waals surface area (Å²) < 4.78 is 10.1. The van der Waals surface area contributed by atoms with E-state index in [0.717, 1.165) is 0 Å². The SMILES string of the molecule is COC(OC(=O)CC(C)C)C(C)C. The maximum atomic E-state index is 11.2. The van der Waals surface area contributed by atoms with Crippen molar-refractivity contribution in [2.75, 3.05) is 7.11 Å². The van der Waals surface area contributed by atoms with Gasteiger partial charge in [-0.2, -0.15) is 0 Å². The Morgan fingerprint density at radius 2 is 1.77 bits per heavy atom. The van der Waals surface area contributed by atoms with Gasteiger partial charge in [0, 0.05) is 19.4 Å². The Hall–Kier alpha value is -0.570. The van der Waals surface area contributed by atoms with Crippen LogP contribution in [0.15, 0.2) is 0 Å². The molecule has 0 aliphatic rings. The molecule has 0 saturated carbocycles. The Balaban J connectivity index is 3.87. The maximum absolute atomic E-state index is 11.2. The highest BCUT2D eigenvalue weighted by molar-refractivity contribution is 5.69. The minimum Gasteiger partial charge on any atom is -0.435 e. The van der Waals surface area contributed by atoms with Crippen molar-refractivity contribution in [1.82, 2.24) is 0 Å². The van der Waals surface area contributed by atoms with Crippen molar-refractivity contribution in [3.63, 3.8) is 0 Å². The van der Waals surface area contributed by atoms with Crippen LogP contribution in [0.4, 0.5) is 0 Å². The summed E-state index contributed by atoms with van der Waals surface area (Å²) in [4.78, 5) is 11.2. The van der Waals surface area contributed by atoms with Gasteiger partial charge < -0.3 is 9.47 Å². The van der Waals surface area contributed by atoms with E-state index in [1.807, 2.05) is 27.7 Å². The van der Waals surface area contributed by atoms with Crippen LogP contribution in [0.1, 0.15) is 34.1 Å². The van der Waals surface area contributed by atoms with Crippen molar-refractivity contribution < 1.29 is 14.3 Å². The van der Waals surface area contributed by atoms with Gasteiger partial charge in [-0.05, 0) is 5.92 Å². The molecule has 78 valence electrons. The molecule has 1 atom stereocenters. The minimum atomic E-state index is -0.411. The zero-order chi connectivity index (χ0) is 10.4. The average molecular weight is 188 g/mol. The first kappa shape index (κ1) is 12.4. The molecule has 0 bridgehead atoms. The predicted octanol–water partition coefficient (Wildman–Crippen LogP) is 2.20. The molecular formula is C10H20O3. The van der Waals surface area contributed by atoms with Gasteiger partial charge in [-0.25, -0.2) is 0 Å². The molecule has 0 N–H and O–H groups in total. The molecule has 13 heavy (non-hydrogen) atoms. The summed E-state index contributed by atoms with van der Waals surface area (Å²) in [6, 6.07) is 0. The number of esters is 1. The van der Waals surface area contributed by atoms with Crippen molar-refractivity contribution in [3.05, 3.63) is 0 Å². The molecule has 0 radical (unpaired) electrons. The van der Waals surface area contributed by atoms with E-state index in [4.69, 9.17) is 9.47 Å². The second-order valence-corrected chi connectivity index (χ2v) is 3.94. The quantitative estimate of drug-likeness (QED) is 0.490. The van der Waals surface area contributed by atoms with Crippen molar-refractivity contribution in [2.24, 2.45) is 11.8 Å². The third kappa shape index (κ3) is 5.64. The second kappa shape index (κ2) is 5.97. The molecule has 0 fully saturated rings. The van der Waals surface area contributed by atoms with Crippen molar-refractivity contribution in [2.45, 2.75) is 40.4 Å². The van der Waals surface area contributed by atoms with Crippen LogP contribution in [0, 0.1) is 11.8 Å². The first-order valence-electron chi connectivity index (χ1n) is 4.69. The van der Waals surface area contributed by atoms with E-state index in [1.165, 1.54) is 0 Å². The molecule has 0 heterocycles. The Morgan fingerprint density at radius 1 is 1.23 bits per heavy atom. The fourth-order valence-electron chi connectivity index (χ4n) is 0.967. The summed E-state index contributed by atoms with van der Waals surface area (Å²) in [6.45, 7) is 7.88. The lowest BCUT2D eigenvalue weighted by Crippen LogP contribution is -2.25. The minimum absolute atomic E-state index is 0.185. The number of methoxy groups -OCH3 is 1. The maximum Gasteiger partial charge on any atom is 0.308 e. The monoisotopic (exact) mass is 188 g/mol. The Bertz CT molecular complexity index is 152. The van der Waals surface area contributed by atoms with Crippen LogP contribution in [-0.2, 0) is 14.3 Å². The van der Waals surface area contributed by atoms with Gasteiger partial charge in [-0.1, -0.05) is 27.7 Å². The van der Waals surface area contributed by atoms with E-state index in [0.29, 0.717) is 12.3 Å². The first-order valence-corrected chi connectivity index (χ1v) is 4.69. The molecular weight excluding hydrogens is 168 g/mol. The Kier molecular flexibility index (Phi) is 5.71. The van der Waals surface area contributed by atoms with E-state index in [2.05, 4.69) is 0 Å². The van der Waals surface area contributed by atoms with Gasteiger partial charge >= 0.3 is 5.97 Å². The number of carbonyl (C=O) groups is 1. The van der Waals surface area contributed by atoms with E-state index in [9.17, 15) is 4.79 Å². The average Bonchev–Trinajstić information content (AvgIpc) is 1.98. The van der Waals surface area contributed by atoms with Gasteiger partial charge in [0.2, 0.25) is 6.29 Å². The Morgan fingerprint density at radius 3 is 2.08 bits per heavy atom. The van der Waals surface area contributed by atoms with Gasteiger partial charge in [0.15, 0.2) is 0 Å². The largest absolute Gasteiger partial charge is 0.435 e. The summed E-state index contributed by atoms with van der Waals surface area (Å²) in [6.07, 6.45) is 0.0401. The molecule has 0 spiro atoms. The lowest BCUT2D eigenvalue weighted by Gasteiger charge is -2.19. The summed E-state index contributed by atoms with van der Waals surface area (Å²) in [7, 11) is 1.55. The van der Waals surface area contributed by atoms with Gasteiger partial charge in [0.05, 0.1) is 0 Å². The highest BCUT2D eigenvalue weighted by Gasteiger charge is 2.17. The smallest absolute Gasteiger partial charge is 0.308 e. The summed E-state index contributed by atoms with van der Waals surface area (Å²) in [5, 5.41) is 0. The fourth-order valence-corrected chi connectivity index (χ4v) is 0.967. The van der Waals surface area contributed by atoms with E-state index < -0.39 is 6.29 Å². The van der Waals surface area contributed by atoms with Gasteiger partial charge in [-0.3, -0.25) is 4.79 Å². The van der Waals surface area contributed by atoms with Crippen LogP contribution in [0.5, 0.6) is 0 Å². The zero-order valence-electron chi connectivity index (χ0n) is 9.16. The summed E-state index contributed by atoms with van der Waals surface area (Å²) in [5.74, 6) is 0.342. The molecule has 0 aliphatic carbocycles.